The SMILES string of the molecule is CCOC(=O)CNC12CCC(CN3CCN(C(=O)[C@H](N)C4CCCCC4)CC3)(CC1)OC2. The van der Waals surface area contributed by atoms with Crippen LogP contribution in [-0.4, -0.2) is 91.3 Å². The van der Waals surface area contributed by atoms with Crippen molar-refractivity contribution in [3.63, 3.8) is 0 Å². The molecule has 2 saturated carbocycles. The summed E-state index contributed by atoms with van der Waals surface area (Å²) in [5.74, 6) is 0.322. The fourth-order valence-corrected chi connectivity index (χ4v) is 6.11. The van der Waals surface area contributed by atoms with Crippen molar-refractivity contribution in [2.75, 3.05) is 52.5 Å². The van der Waals surface area contributed by atoms with Gasteiger partial charge in [0, 0.05) is 38.3 Å². The summed E-state index contributed by atoms with van der Waals surface area (Å²) < 4.78 is 11.4. The summed E-state index contributed by atoms with van der Waals surface area (Å²) in [6, 6.07) is -0.323. The maximum Gasteiger partial charge on any atom is 0.319 e. The van der Waals surface area contributed by atoms with Gasteiger partial charge in [-0.25, -0.2) is 0 Å². The first-order valence-electron chi connectivity index (χ1n) is 12.8. The normalized spacial score (nSPS) is 32.6. The minimum atomic E-state index is -0.323. The third-order valence-corrected chi connectivity index (χ3v) is 8.32. The largest absolute Gasteiger partial charge is 0.465 e. The Morgan fingerprint density at radius 1 is 1.09 bits per heavy atom. The Hall–Kier alpha value is -1.22. The van der Waals surface area contributed by atoms with E-state index in [0.717, 1.165) is 71.2 Å². The minimum Gasteiger partial charge on any atom is -0.465 e. The van der Waals surface area contributed by atoms with E-state index in [-0.39, 0.29) is 35.6 Å². The average molecular weight is 451 g/mol. The number of ether oxygens (including phenoxy) is 2. The highest BCUT2D eigenvalue weighted by atomic mass is 16.5. The van der Waals surface area contributed by atoms with Crippen LogP contribution < -0.4 is 11.1 Å². The van der Waals surface area contributed by atoms with Crippen molar-refractivity contribution in [3.8, 4) is 0 Å². The zero-order valence-electron chi connectivity index (χ0n) is 19.8. The summed E-state index contributed by atoms with van der Waals surface area (Å²) in [5.41, 5.74) is 6.19. The quantitative estimate of drug-likeness (QED) is 0.538. The van der Waals surface area contributed by atoms with E-state index >= 15 is 0 Å². The molecule has 3 N–H and O–H groups in total. The molecule has 2 aliphatic carbocycles. The van der Waals surface area contributed by atoms with E-state index in [0.29, 0.717) is 19.1 Å². The van der Waals surface area contributed by atoms with E-state index in [1.807, 2.05) is 11.8 Å². The second kappa shape index (κ2) is 10.4. The van der Waals surface area contributed by atoms with Gasteiger partial charge in [0.2, 0.25) is 5.91 Å². The van der Waals surface area contributed by atoms with Crippen molar-refractivity contribution < 1.29 is 19.1 Å². The molecule has 0 aromatic heterocycles. The second-order valence-electron chi connectivity index (χ2n) is 10.4. The van der Waals surface area contributed by atoms with Gasteiger partial charge in [-0.1, -0.05) is 19.3 Å². The number of carbonyl (C=O) groups is 2. The van der Waals surface area contributed by atoms with Gasteiger partial charge in [-0.2, -0.15) is 0 Å². The molecule has 1 amide bonds. The van der Waals surface area contributed by atoms with Crippen molar-refractivity contribution >= 4 is 11.9 Å². The van der Waals surface area contributed by atoms with Crippen molar-refractivity contribution in [1.29, 1.82) is 0 Å². The van der Waals surface area contributed by atoms with Gasteiger partial charge in [0.05, 0.1) is 31.4 Å². The lowest BCUT2D eigenvalue weighted by Gasteiger charge is -2.55. The molecule has 0 spiro atoms. The number of nitrogens with two attached hydrogens (primary N) is 1. The van der Waals surface area contributed by atoms with Crippen LogP contribution in [0.3, 0.4) is 0 Å². The van der Waals surface area contributed by atoms with Crippen LogP contribution in [0.5, 0.6) is 0 Å². The zero-order chi connectivity index (χ0) is 22.6. The number of nitrogens with zero attached hydrogens (tertiary/aromatic N) is 2. The molecule has 32 heavy (non-hydrogen) atoms. The summed E-state index contributed by atoms with van der Waals surface area (Å²) in [4.78, 5) is 29.1. The predicted octanol–water partition coefficient (Wildman–Crippen LogP) is 1.27. The summed E-state index contributed by atoms with van der Waals surface area (Å²) >= 11 is 0. The number of piperazine rings is 1. The van der Waals surface area contributed by atoms with E-state index in [1.165, 1.54) is 19.3 Å². The molecule has 0 radical (unpaired) electrons. The van der Waals surface area contributed by atoms with Crippen LogP contribution in [0.1, 0.15) is 64.7 Å². The molecule has 3 heterocycles. The molecular weight excluding hydrogens is 408 g/mol. The van der Waals surface area contributed by atoms with E-state index in [9.17, 15) is 9.59 Å². The van der Waals surface area contributed by atoms with Crippen molar-refractivity contribution in [2.45, 2.75) is 81.9 Å². The number of rotatable bonds is 8. The summed E-state index contributed by atoms with van der Waals surface area (Å²) in [6.45, 7) is 7.39. The lowest BCUT2D eigenvalue weighted by molar-refractivity contribution is -0.175. The molecule has 3 saturated heterocycles. The third-order valence-electron chi connectivity index (χ3n) is 8.32. The maximum atomic E-state index is 12.9. The monoisotopic (exact) mass is 450 g/mol. The predicted molar refractivity (Wildman–Crippen MR) is 122 cm³/mol. The molecule has 2 bridgehead atoms. The van der Waals surface area contributed by atoms with Gasteiger partial charge < -0.3 is 20.1 Å². The van der Waals surface area contributed by atoms with Gasteiger partial charge in [-0.15, -0.1) is 0 Å². The number of hydrogen-bond acceptors (Lipinski definition) is 7. The first kappa shape index (κ1) is 23.9. The third kappa shape index (κ3) is 5.46. The Kier molecular flexibility index (Phi) is 7.75. The summed E-state index contributed by atoms with van der Waals surface area (Å²) in [7, 11) is 0. The Morgan fingerprint density at radius 3 is 2.38 bits per heavy atom. The first-order chi connectivity index (χ1) is 15.4. The van der Waals surface area contributed by atoms with E-state index in [4.69, 9.17) is 15.2 Å². The standard InChI is InChI=1S/C24H42N4O4/c1-2-31-20(29)16-26-23-8-10-24(11-9-23,32-18-23)17-27-12-14-28(15-13-27)22(30)21(25)19-6-4-3-5-7-19/h19,21,26H,2-18,25H2,1H3/t21-,23?,24?/m1/s1. The van der Waals surface area contributed by atoms with Crippen LogP contribution in [0.4, 0.5) is 0 Å². The van der Waals surface area contributed by atoms with E-state index in [1.54, 1.807) is 0 Å². The average Bonchev–Trinajstić information content (AvgIpc) is 2.84. The van der Waals surface area contributed by atoms with Gasteiger partial charge in [0.1, 0.15) is 0 Å². The zero-order valence-corrected chi connectivity index (χ0v) is 19.8. The van der Waals surface area contributed by atoms with Crippen molar-refractivity contribution in [1.82, 2.24) is 15.1 Å². The molecule has 8 nitrogen and oxygen atoms in total. The molecule has 5 aliphatic rings. The summed E-state index contributed by atoms with van der Waals surface area (Å²) in [6.07, 6.45) is 9.97. The minimum absolute atomic E-state index is 0.0853. The molecule has 8 heteroatoms. The van der Waals surface area contributed by atoms with Crippen LogP contribution in [0.25, 0.3) is 0 Å². The van der Waals surface area contributed by atoms with Crippen molar-refractivity contribution in [3.05, 3.63) is 0 Å². The van der Waals surface area contributed by atoms with Crippen LogP contribution in [0.2, 0.25) is 0 Å². The fourth-order valence-electron chi connectivity index (χ4n) is 6.11. The number of nitrogens with one attached hydrogen (secondary N) is 1. The highest BCUT2D eigenvalue weighted by Crippen LogP contribution is 2.44. The fraction of sp³-hybridized carbons (Fsp3) is 0.917. The molecule has 3 aliphatic heterocycles. The molecule has 0 aromatic rings. The van der Waals surface area contributed by atoms with Gasteiger partial charge in [-0.3, -0.25) is 19.8 Å². The lowest BCUT2D eigenvalue weighted by Crippen LogP contribution is -2.65. The van der Waals surface area contributed by atoms with E-state index in [2.05, 4.69) is 10.2 Å². The summed E-state index contributed by atoms with van der Waals surface area (Å²) in [5, 5.41) is 3.41. The van der Waals surface area contributed by atoms with Gasteiger partial charge in [-0.05, 0) is 51.4 Å². The number of esters is 1. The number of fused-ring (bicyclic) bond motifs is 3. The molecule has 182 valence electrons. The van der Waals surface area contributed by atoms with Gasteiger partial charge in [0.25, 0.3) is 0 Å². The van der Waals surface area contributed by atoms with Crippen LogP contribution in [-0.2, 0) is 19.1 Å². The van der Waals surface area contributed by atoms with Crippen LogP contribution in [0, 0.1) is 5.92 Å². The van der Waals surface area contributed by atoms with Crippen molar-refractivity contribution in [2.24, 2.45) is 11.7 Å². The Morgan fingerprint density at radius 2 is 1.78 bits per heavy atom. The first-order valence-corrected chi connectivity index (χ1v) is 12.8. The van der Waals surface area contributed by atoms with Gasteiger partial charge in [0.15, 0.2) is 0 Å². The van der Waals surface area contributed by atoms with E-state index < -0.39 is 0 Å². The maximum absolute atomic E-state index is 12.9. The van der Waals surface area contributed by atoms with Crippen LogP contribution >= 0.6 is 0 Å². The lowest BCUT2D eigenvalue weighted by atomic mass is 9.71. The molecule has 1 atom stereocenters. The topological polar surface area (TPSA) is 97.1 Å². The number of amides is 1. The second-order valence-corrected chi connectivity index (χ2v) is 10.4. The Balaban J connectivity index is 1.21. The Bertz CT molecular complexity index is 634. The smallest absolute Gasteiger partial charge is 0.319 e. The number of carbonyl (C=O) groups excluding carboxylic acids is 2. The number of hydrogen-bond donors (Lipinski definition) is 2. The Labute approximate surface area is 192 Å². The highest BCUT2D eigenvalue weighted by molar-refractivity contribution is 5.82. The molecule has 0 unspecified atom stereocenters. The highest BCUT2D eigenvalue weighted by Gasteiger charge is 2.50. The molecule has 0 aromatic carbocycles. The molecule has 5 rings (SSSR count). The molecular formula is C24H42N4O4. The van der Waals surface area contributed by atoms with Crippen LogP contribution in [0.15, 0.2) is 0 Å². The van der Waals surface area contributed by atoms with Gasteiger partial charge >= 0.3 is 5.97 Å². The molecule has 5 fully saturated rings.